The first-order valence-electron chi connectivity index (χ1n) is 9.83. The molecule has 0 bridgehead atoms. The Kier molecular flexibility index (Phi) is 5.89. The van der Waals surface area contributed by atoms with Gasteiger partial charge in [-0.1, -0.05) is 65.4 Å². The number of carbonyl (C=O) groups excluding carboxylic acids is 1. The van der Waals surface area contributed by atoms with Gasteiger partial charge < -0.3 is 0 Å². The maximum atomic E-state index is 13.3. The normalized spacial score (nSPS) is 11.5. The number of amides is 1. The fourth-order valence-corrected chi connectivity index (χ4v) is 5.51. The first-order chi connectivity index (χ1) is 14.8. The minimum atomic E-state index is -3.77. The number of rotatable bonds is 6. The van der Waals surface area contributed by atoms with E-state index in [4.69, 9.17) is 0 Å². The highest BCUT2D eigenvalue weighted by molar-refractivity contribution is 7.92. The molecule has 0 aliphatic rings. The van der Waals surface area contributed by atoms with Crippen LogP contribution < -0.4 is 4.90 Å². The molecule has 0 unspecified atom stereocenters. The van der Waals surface area contributed by atoms with E-state index in [0.29, 0.717) is 5.13 Å². The number of aromatic nitrogens is 1. The van der Waals surface area contributed by atoms with Crippen LogP contribution >= 0.6 is 11.3 Å². The smallest absolute Gasteiger partial charge is 0.244 e. The largest absolute Gasteiger partial charge is 0.283 e. The van der Waals surface area contributed by atoms with Gasteiger partial charge in [-0.15, -0.1) is 0 Å². The number of hydrogen-bond acceptors (Lipinski definition) is 5. The van der Waals surface area contributed by atoms with Crippen molar-refractivity contribution in [2.24, 2.45) is 0 Å². The van der Waals surface area contributed by atoms with E-state index in [1.54, 1.807) is 24.3 Å². The van der Waals surface area contributed by atoms with Crippen molar-refractivity contribution in [3.8, 4) is 0 Å². The lowest BCUT2D eigenvalue weighted by Gasteiger charge is -2.20. The minimum absolute atomic E-state index is 0.144. The van der Waals surface area contributed by atoms with Gasteiger partial charge in [-0.3, -0.25) is 9.69 Å². The second-order valence-electron chi connectivity index (χ2n) is 7.51. The van der Waals surface area contributed by atoms with Crippen molar-refractivity contribution in [2.45, 2.75) is 25.3 Å². The molecule has 1 heterocycles. The van der Waals surface area contributed by atoms with Crippen molar-refractivity contribution < 1.29 is 13.2 Å². The summed E-state index contributed by atoms with van der Waals surface area (Å²) in [4.78, 5) is 19.5. The number of anilines is 1. The van der Waals surface area contributed by atoms with E-state index in [-0.39, 0.29) is 11.4 Å². The van der Waals surface area contributed by atoms with Gasteiger partial charge in [0.1, 0.15) is 5.75 Å². The molecule has 31 heavy (non-hydrogen) atoms. The maximum absolute atomic E-state index is 13.3. The second-order valence-corrected chi connectivity index (χ2v) is 10.5. The van der Waals surface area contributed by atoms with E-state index >= 15 is 0 Å². The Labute approximate surface area is 185 Å². The number of sulfone groups is 1. The molecule has 5 nitrogen and oxygen atoms in total. The lowest BCUT2D eigenvalue weighted by Crippen LogP contribution is -2.35. The van der Waals surface area contributed by atoms with E-state index in [2.05, 4.69) is 4.98 Å². The quantitative estimate of drug-likeness (QED) is 0.418. The van der Waals surface area contributed by atoms with Gasteiger partial charge in [0.25, 0.3) is 0 Å². The number of benzene rings is 3. The molecule has 4 rings (SSSR count). The zero-order chi connectivity index (χ0) is 22.0. The van der Waals surface area contributed by atoms with Crippen molar-refractivity contribution in [2.75, 3.05) is 10.7 Å². The highest BCUT2D eigenvalue weighted by Gasteiger charge is 2.26. The highest BCUT2D eigenvalue weighted by atomic mass is 32.2. The van der Waals surface area contributed by atoms with Crippen LogP contribution in [0.2, 0.25) is 0 Å². The molecule has 0 aliphatic heterocycles. The molecular weight excluding hydrogens is 428 g/mol. The SMILES string of the molecule is Cc1ccc(S(=O)(=O)CC(=O)N(Cc2ccccc2)c2nc3ccc(C)cc3s2)cc1. The molecule has 0 radical (unpaired) electrons. The third-order valence-electron chi connectivity index (χ3n) is 4.94. The van der Waals surface area contributed by atoms with E-state index in [9.17, 15) is 13.2 Å². The van der Waals surface area contributed by atoms with Gasteiger partial charge in [-0.25, -0.2) is 13.4 Å². The lowest BCUT2D eigenvalue weighted by molar-refractivity contribution is -0.116. The summed E-state index contributed by atoms with van der Waals surface area (Å²) in [7, 11) is -3.77. The van der Waals surface area contributed by atoms with Crippen LogP contribution in [-0.2, 0) is 21.2 Å². The number of aryl methyl sites for hydroxylation is 2. The van der Waals surface area contributed by atoms with Crippen LogP contribution in [0.1, 0.15) is 16.7 Å². The summed E-state index contributed by atoms with van der Waals surface area (Å²) in [5.74, 6) is -1.11. The number of carbonyl (C=O) groups is 1. The van der Waals surface area contributed by atoms with Gasteiger partial charge in [0.05, 0.1) is 21.7 Å². The number of nitrogens with zero attached hydrogens (tertiary/aromatic N) is 2. The Morgan fingerprint density at radius 3 is 2.32 bits per heavy atom. The minimum Gasteiger partial charge on any atom is -0.283 e. The van der Waals surface area contributed by atoms with Crippen LogP contribution in [0, 0.1) is 13.8 Å². The van der Waals surface area contributed by atoms with Gasteiger partial charge in [-0.2, -0.15) is 0 Å². The molecular formula is C24H22N2O3S2. The fraction of sp³-hybridized carbons (Fsp3) is 0.167. The molecule has 0 fully saturated rings. The molecule has 0 atom stereocenters. The van der Waals surface area contributed by atoms with E-state index in [0.717, 1.165) is 26.9 Å². The predicted molar refractivity (Wildman–Crippen MR) is 125 cm³/mol. The summed E-state index contributed by atoms with van der Waals surface area (Å²) in [6, 6.07) is 22.0. The number of fused-ring (bicyclic) bond motifs is 1. The molecule has 7 heteroatoms. The van der Waals surface area contributed by atoms with Crippen molar-refractivity contribution in [1.29, 1.82) is 0 Å². The Balaban J connectivity index is 1.69. The standard InChI is InChI=1S/C24H22N2O3S2/c1-17-8-11-20(12-9-17)31(28,29)16-23(27)26(15-19-6-4-3-5-7-19)24-25-21-13-10-18(2)14-22(21)30-24/h3-14H,15-16H2,1-2H3. The Hall–Kier alpha value is -3.03. The van der Waals surface area contributed by atoms with E-state index < -0.39 is 21.5 Å². The van der Waals surface area contributed by atoms with Crippen molar-refractivity contribution in [3.05, 3.63) is 89.5 Å². The van der Waals surface area contributed by atoms with Crippen LogP contribution in [0.5, 0.6) is 0 Å². The van der Waals surface area contributed by atoms with Crippen LogP contribution in [0.15, 0.2) is 77.7 Å². The average molecular weight is 451 g/mol. The van der Waals surface area contributed by atoms with E-state index in [1.807, 2.05) is 62.4 Å². The second kappa shape index (κ2) is 8.61. The van der Waals surface area contributed by atoms with Gasteiger partial charge in [-0.05, 0) is 49.2 Å². The van der Waals surface area contributed by atoms with Gasteiger partial charge in [0, 0.05) is 0 Å². The maximum Gasteiger partial charge on any atom is 0.244 e. The lowest BCUT2D eigenvalue weighted by atomic mass is 10.2. The predicted octanol–water partition coefficient (Wildman–Crippen LogP) is 4.92. The molecule has 0 aliphatic carbocycles. The van der Waals surface area contributed by atoms with Crippen LogP contribution in [-0.4, -0.2) is 25.1 Å². The summed E-state index contributed by atoms with van der Waals surface area (Å²) in [5, 5.41) is 0.494. The molecule has 3 aromatic carbocycles. The Morgan fingerprint density at radius 1 is 0.935 bits per heavy atom. The topological polar surface area (TPSA) is 67.3 Å². The molecule has 158 valence electrons. The zero-order valence-corrected chi connectivity index (χ0v) is 18.9. The van der Waals surface area contributed by atoms with Crippen molar-refractivity contribution in [3.63, 3.8) is 0 Å². The molecule has 0 N–H and O–H groups in total. The summed E-state index contributed by atoms with van der Waals surface area (Å²) in [6.45, 7) is 4.14. The van der Waals surface area contributed by atoms with Gasteiger partial charge in [0.15, 0.2) is 15.0 Å². The van der Waals surface area contributed by atoms with Crippen molar-refractivity contribution in [1.82, 2.24) is 4.98 Å². The van der Waals surface area contributed by atoms with E-state index in [1.165, 1.54) is 16.2 Å². The monoisotopic (exact) mass is 450 g/mol. The molecule has 0 saturated heterocycles. The Morgan fingerprint density at radius 2 is 1.61 bits per heavy atom. The molecule has 1 aromatic heterocycles. The van der Waals surface area contributed by atoms with Crippen LogP contribution in [0.3, 0.4) is 0 Å². The molecule has 0 spiro atoms. The van der Waals surface area contributed by atoms with Gasteiger partial charge >= 0.3 is 0 Å². The number of hydrogen-bond donors (Lipinski definition) is 0. The summed E-state index contributed by atoms with van der Waals surface area (Å²) in [5.41, 5.74) is 3.75. The fourth-order valence-electron chi connectivity index (χ4n) is 3.23. The van der Waals surface area contributed by atoms with Crippen LogP contribution in [0.25, 0.3) is 10.2 Å². The number of thiazole rings is 1. The van der Waals surface area contributed by atoms with Crippen molar-refractivity contribution >= 4 is 42.4 Å². The molecule has 4 aromatic rings. The first-order valence-corrected chi connectivity index (χ1v) is 12.3. The summed E-state index contributed by atoms with van der Waals surface area (Å²) >= 11 is 1.39. The summed E-state index contributed by atoms with van der Waals surface area (Å²) in [6.07, 6.45) is 0. The van der Waals surface area contributed by atoms with Gasteiger partial charge in [0.2, 0.25) is 5.91 Å². The first kappa shape index (κ1) is 21.2. The third kappa shape index (κ3) is 4.84. The highest BCUT2D eigenvalue weighted by Crippen LogP contribution is 2.31. The van der Waals surface area contributed by atoms with Crippen LogP contribution in [0.4, 0.5) is 5.13 Å². The zero-order valence-electron chi connectivity index (χ0n) is 17.3. The molecule has 1 amide bonds. The summed E-state index contributed by atoms with van der Waals surface area (Å²) < 4.78 is 26.7. The Bertz CT molecular complexity index is 1330. The third-order valence-corrected chi connectivity index (χ3v) is 7.60. The average Bonchev–Trinajstić information content (AvgIpc) is 3.15. The molecule has 0 saturated carbocycles.